The molecule has 6 nitrogen and oxygen atoms in total. The van der Waals surface area contributed by atoms with Gasteiger partial charge in [-0.3, -0.25) is 9.79 Å². The van der Waals surface area contributed by atoms with Crippen molar-refractivity contribution in [2.45, 2.75) is 45.4 Å². The van der Waals surface area contributed by atoms with E-state index in [4.69, 9.17) is 4.74 Å². The van der Waals surface area contributed by atoms with E-state index in [0.29, 0.717) is 13.2 Å². The smallest absolute Gasteiger partial charge is 0.310 e. The van der Waals surface area contributed by atoms with Crippen LogP contribution in [0.2, 0.25) is 0 Å². The fraction of sp³-hybridized carbons (Fsp3) is 0.889. The number of esters is 1. The minimum Gasteiger partial charge on any atom is -0.466 e. The van der Waals surface area contributed by atoms with Gasteiger partial charge in [0.05, 0.1) is 12.5 Å². The second kappa shape index (κ2) is 12.7. The van der Waals surface area contributed by atoms with E-state index in [0.717, 1.165) is 38.3 Å². The van der Waals surface area contributed by atoms with Crippen LogP contribution in [0.25, 0.3) is 0 Å². The minimum absolute atomic E-state index is 0. The van der Waals surface area contributed by atoms with Crippen molar-refractivity contribution in [2.75, 3.05) is 52.9 Å². The van der Waals surface area contributed by atoms with E-state index in [2.05, 4.69) is 20.1 Å². The topological polar surface area (TPSA) is 57.2 Å². The molecule has 7 heteroatoms. The summed E-state index contributed by atoms with van der Waals surface area (Å²) < 4.78 is 5.17. The number of piperidine rings is 1. The summed E-state index contributed by atoms with van der Waals surface area (Å²) in [6.45, 7) is 8.71. The molecule has 0 aromatic rings. The SMILES string of the molecule is CCOC(=O)C1CCCN(C(=NC)NCCCCN2CCCC2)C1.I. The van der Waals surface area contributed by atoms with Crippen molar-refractivity contribution in [2.24, 2.45) is 10.9 Å². The number of likely N-dealkylation sites (tertiary alicyclic amines) is 2. The lowest BCUT2D eigenvalue weighted by Gasteiger charge is -2.34. The van der Waals surface area contributed by atoms with Gasteiger partial charge < -0.3 is 19.9 Å². The zero-order valence-corrected chi connectivity index (χ0v) is 18.2. The van der Waals surface area contributed by atoms with Gasteiger partial charge in [0, 0.05) is 26.7 Å². The molecule has 2 saturated heterocycles. The van der Waals surface area contributed by atoms with Crippen LogP contribution in [0.1, 0.15) is 45.4 Å². The molecule has 1 unspecified atom stereocenters. The highest BCUT2D eigenvalue weighted by atomic mass is 127. The number of hydrogen-bond acceptors (Lipinski definition) is 4. The van der Waals surface area contributed by atoms with Gasteiger partial charge >= 0.3 is 5.97 Å². The van der Waals surface area contributed by atoms with Crippen molar-refractivity contribution in [3.05, 3.63) is 0 Å². The van der Waals surface area contributed by atoms with Gasteiger partial charge in [0.1, 0.15) is 0 Å². The first-order chi connectivity index (χ1) is 11.7. The van der Waals surface area contributed by atoms with Gasteiger partial charge in [0.15, 0.2) is 5.96 Å². The molecular weight excluding hydrogens is 431 g/mol. The van der Waals surface area contributed by atoms with Crippen molar-refractivity contribution in [3.63, 3.8) is 0 Å². The number of guanidine groups is 1. The molecule has 2 rings (SSSR count). The molecule has 0 aromatic carbocycles. The summed E-state index contributed by atoms with van der Waals surface area (Å²) in [5, 5.41) is 3.46. The Kier molecular flexibility index (Phi) is 11.4. The summed E-state index contributed by atoms with van der Waals surface area (Å²) in [4.78, 5) is 21.1. The normalized spacial score (nSPS) is 21.8. The van der Waals surface area contributed by atoms with Gasteiger partial charge in [-0.05, 0) is 65.1 Å². The van der Waals surface area contributed by atoms with Gasteiger partial charge in [0.2, 0.25) is 0 Å². The molecule has 25 heavy (non-hydrogen) atoms. The third kappa shape index (κ3) is 7.68. The lowest BCUT2D eigenvalue weighted by Crippen LogP contribution is -2.48. The maximum atomic E-state index is 12.0. The number of aliphatic imine (C=N–C) groups is 1. The summed E-state index contributed by atoms with van der Waals surface area (Å²) in [6.07, 6.45) is 7.05. The molecule has 2 aliphatic rings. The maximum absolute atomic E-state index is 12.0. The quantitative estimate of drug-likeness (QED) is 0.205. The number of nitrogens with one attached hydrogen (secondary N) is 1. The van der Waals surface area contributed by atoms with Crippen molar-refractivity contribution < 1.29 is 9.53 Å². The van der Waals surface area contributed by atoms with Crippen LogP contribution in [-0.2, 0) is 9.53 Å². The predicted molar refractivity (Wildman–Crippen MR) is 113 cm³/mol. The average Bonchev–Trinajstić information content (AvgIpc) is 3.12. The standard InChI is InChI=1S/C18H34N4O2.HI/c1-3-24-17(23)16-9-8-14-22(15-16)18(19-2)20-10-4-5-11-21-12-6-7-13-21;/h16H,3-15H2,1-2H3,(H,19,20);1H. The molecule has 1 atom stereocenters. The third-order valence-electron chi connectivity index (χ3n) is 4.94. The first kappa shape index (κ1) is 22.5. The van der Waals surface area contributed by atoms with Gasteiger partial charge in [-0.2, -0.15) is 0 Å². The van der Waals surface area contributed by atoms with Crippen LogP contribution in [0.15, 0.2) is 4.99 Å². The van der Waals surface area contributed by atoms with E-state index in [-0.39, 0.29) is 35.9 Å². The molecule has 0 amide bonds. The molecule has 146 valence electrons. The first-order valence-corrected chi connectivity index (χ1v) is 9.59. The fourth-order valence-electron chi connectivity index (χ4n) is 3.62. The Morgan fingerprint density at radius 1 is 1.20 bits per heavy atom. The van der Waals surface area contributed by atoms with E-state index in [1.807, 2.05) is 14.0 Å². The minimum atomic E-state index is -0.0664. The lowest BCUT2D eigenvalue weighted by molar-refractivity contribution is -0.149. The van der Waals surface area contributed by atoms with E-state index >= 15 is 0 Å². The van der Waals surface area contributed by atoms with Crippen molar-refractivity contribution in [3.8, 4) is 0 Å². The molecular formula is C18H35IN4O2. The lowest BCUT2D eigenvalue weighted by atomic mass is 9.98. The molecule has 2 heterocycles. The predicted octanol–water partition coefficient (Wildman–Crippen LogP) is 2.33. The van der Waals surface area contributed by atoms with Gasteiger partial charge in [-0.25, -0.2) is 0 Å². The van der Waals surface area contributed by atoms with Crippen LogP contribution in [0.5, 0.6) is 0 Å². The molecule has 0 saturated carbocycles. The fourth-order valence-corrected chi connectivity index (χ4v) is 3.62. The van der Waals surface area contributed by atoms with Crippen molar-refractivity contribution >= 4 is 35.9 Å². The maximum Gasteiger partial charge on any atom is 0.310 e. The Labute approximate surface area is 169 Å². The van der Waals surface area contributed by atoms with E-state index in [1.54, 1.807) is 0 Å². The summed E-state index contributed by atoms with van der Waals surface area (Å²) in [6, 6.07) is 0. The molecule has 0 spiro atoms. The summed E-state index contributed by atoms with van der Waals surface area (Å²) >= 11 is 0. The highest BCUT2D eigenvalue weighted by molar-refractivity contribution is 14.0. The van der Waals surface area contributed by atoms with Crippen LogP contribution in [0, 0.1) is 5.92 Å². The molecule has 0 aromatic heterocycles. The molecule has 1 N–H and O–H groups in total. The van der Waals surface area contributed by atoms with E-state index < -0.39 is 0 Å². The molecule has 0 radical (unpaired) electrons. The Morgan fingerprint density at radius 2 is 1.96 bits per heavy atom. The monoisotopic (exact) mass is 466 g/mol. The number of ether oxygens (including phenoxy) is 1. The molecule has 2 aliphatic heterocycles. The first-order valence-electron chi connectivity index (χ1n) is 9.59. The number of unbranched alkanes of at least 4 members (excludes halogenated alkanes) is 1. The van der Waals surface area contributed by atoms with Gasteiger partial charge in [-0.1, -0.05) is 0 Å². The van der Waals surface area contributed by atoms with Crippen LogP contribution >= 0.6 is 24.0 Å². The van der Waals surface area contributed by atoms with Crippen LogP contribution in [-0.4, -0.2) is 74.7 Å². The van der Waals surface area contributed by atoms with Crippen LogP contribution in [0.3, 0.4) is 0 Å². The second-order valence-electron chi connectivity index (χ2n) is 6.77. The Morgan fingerprint density at radius 3 is 2.64 bits per heavy atom. The van der Waals surface area contributed by atoms with E-state index in [1.165, 1.54) is 38.9 Å². The summed E-state index contributed by atoms with van der Waals surface area (Å²) in [7, 11) is 1.82. The summed E-state index contributed by atoms with van der Waals surface area (Å²) in [5.41, 5.74) is 0. The van der Waals surface area contributed by atoms with Crippen molar-refractivity contribution in [1.29, 1.82) is 0 Å². The highest BCUT2D eigenvalue weighted by Gasteiger charge is 2.28. The Bertz CT molecular complexity index is 414. The number of carbonyl (C=O) groups excluding carboxylic acids is 1. The second-order valence-corrected chi connectivity index (χ2v) is 6.77. The number of halogens is 1. The van der Waals surface area contributed by atoms with Crippen LogP contribution < -0.4 is 5.32 Å². The van der Waals surface area contributed by atoms with Crippen molar-refractivity contribution in [1.82, 2.24) is 15.1 Å². The average molecular weight is 466 g/mol. The zero-order valence-electron chi connectivity index (χ0n) is 15.8. The van der Waals surface area contributed by atoms with Gasteiger partial charge in [-0.15, -0.1) is 24.0 Å². The molecule has 0 aliphatic carbocycles. The van der Waals surface area contributed by atoms with Gasteiger partial charge in [0.25, 0.3) is 0 Å². The Balaban J connectivity index is 0.00000312. The van der Waals surface area contributed by atoms with Crippen LogP contribution in [0.4, 0.5) is 0 Å². The highest BCUT2D eigenvalue weighted by Crippen LogP contribution is 2.18. The largest absolute Gasteiger partial charge is 0.466 e. The molecule has 2 fully saturated rings. The third-order valence-corrected chi connectivity index (χ3v) is 4.94. The zero-order chi connectivity index (χ0) is 17.2. The van der Waals surface area contributed by atoms with E-state index in [9.17, 15) is 4.79 Å². The number of rotatable bonds is 7. The number of hydrogen-bond donors (Lipinski definition) is 1. The summed E-state index contributed by atoms with van der Waals surface area (Å²) in [5.74, 6) is 0.834. The molecule has 0 bridgehead atoms. The number of nitrogens with zero attached hydrogens (tertiary/aromatic N) is 3. The number of carbonyl (C=O) groups is 1. The Hall–Kier alpha value is -0.570.